The summed E-state index contributed by atoms with van der Waals surface area (Å²) in [6.45, 7) is 9.14. The van der Waals surface area contributed by atoms with Gasteiger partial charge in [-0.1, -0.05) is 57.2 Å². The van der Waals surface area contributed by atoms with Crippen LogP contribution in [0.3, 0.4) is 0 Å². The fourth-order valence-corrected chi connectivity index (χ4v) is 6.11. The zero-order valence-corrected chi connectivity index (χ0v) is 15.4. The van der Waals surface area contributed by atoms with Crippen LogP contribution in [0.25, 0.3) is 0 Å². The molecule has 0 fully saturated rings. The summed E-state index contributed by atoms with van der Waals surface area (Å²) in [6, 6.07) is 14.6. The van der Waals surface area contributed by atoms with Crippen LogP contribution in [0.2, 0.25) is 18.1 Å². The Morgan fingerprint density at radius 2 is 1.82 bits per heavy atom. The predicted octanol–water partition coefficient (Wildman–Crippen LogP) is 6.13. The second-order valence-electron chi connectivity index (χ2n) is 5.98. The molecule has 22 heavy (non-hydrogen) atoms. The van der Waals surface area contributed by atoms with Crippen molar-refractivity contribution in [2.24, 2.45) is 0 Å². The van der Waals surface area contributed by atoms with Crippen LogP contribution < -0.4 is 0 Å². The van der Waals surface area contributed by atoms with Gasteiger partial charge in [0.25, 0.3) is 0 Å². The van der Waals surface area contributed by atoms with Gasteiger partial charge in [0.15, 0.2) is 8.32 Å². The minimum Gasteiger partial charge on any atom is -0.417 e. The van der Waals surface area contributed by atoms with Gasteiger partial charge in [0.05, 0.1) is 0 Å². The summed E-state index contributed by atoms with van der Waals surface area (Å²) < 4.78 is 6.40. The molecule has 1 nitrogen and oxygen atoms in total. The highest BCUT2D eigenvalue weighted by Gasteiger charge is 2.29. The van der Waals surface area contributed by atoms with Crippen LogP contribution in [-0.2, 0) is 10.8 Å². The van der Waals surface area contributed by atoms with Gasteiger partial charge in [0.1, 0.15) is 0 Å². The molecule has 0 heterocycles. The maximum Gasteiger partial charge on any atom is 0.192 e. The van der Waals surface area contributed by atoms with Gasteiger partial charge in [-0.3, -0.25) is 0 Å². The first-order chi connectivity index (χ1) is 10.8. The molecule has 1 rings (SSSR count). The number of hydrogen-bond donors (Lipinski definition) is 0. The zero-order chi connectivity index (χ0) is 16.1. The van der Waals surface area contributed by atoms with Crippen molar-refractivity contribution in [2.45, 2.75) is 64.1 Å². The summed E-state index contributed by atoms with van der Waals surface area (Å²) in [5.41, 5.74) is 4.29. The fraction of sp³-hybridized carbons (Fsp3) is 0.550. The largest absolute Gasteiger partial charge is 0.417 e. The lowest BCUT2D eigenvalue weighted by Gasteiger charge is -2.29. The highest BCUT2D eigenvalue weighted by Crippen LogP contribution is 2.25. The van der Waals surface area contributed by atoms with E-state index in [0.717, 1.165) is 19.4 Å². The molecule has 0 bridgehead atoms. The standard InChI is InChI=1S/C20H32OSi/c1-4-7-8-13-18-21-22(5-2,6-3)19-14-12-17-20-15-10-9-11-16-20/h7,9-11,15-16H,1,5-6,8,12-14,17-19H2,2-3H3. The SMILES string of the molecule is C=C=CCCCO[Si](CC)(CC)CCCCc1ccccc1. The van der Waals surface area contributed by atoms with Gasteiger partial charge in [-0.25, -0.2) is 0 Å². The first-order valence-corrected chi connectivity index (χ1v) is 11.3. The minimum absolute atomic E-state index is 0.908. The zero-order valence-electron chi connectivity index (χ0n) is 14.4. The summed E-state index contributed by atoms with van der Waals surface area (Å²) >= 11 is 0. The molecule has 0 saturated heterocycles. The molecule has 0 aliphatic carbocycles. The van der Waals surface area contributed by atoms with Crippen molar-refractivity contribution in [1.29, 1.82) is 0 Å². The van der Waals surface area contributed by atoms with Crippen molar-refractivity contribution in [3.63, 3.8) is 0 Å². The molecule has 0 N–H and O–H groups in total. The maximum absolute atomic E-state index is 6.40. The third-order valence-corrected chi connectivity index (χ3v) is 9.18. The van der Waals surface area contributed by atoms with E-state index in [9.17, 15) is 0 Å². The molecule has 0 atom stereocenters. The number of unbranched alkanes of at least 4 members (excludes halogenated alkanes) is 2. The second-order valence-corrected chi connectivity index (χ2v) is 10.6. The number of allylic oxidation sites excluding steroid dienone is 1. The molecule has 0 aliphatic rings. The van der Waals surface area contributed by atoms with Crippen molar-refractivity contribution in [3.05, 3.63) is 54.3 Å². The van der Waals surface area contributed by atoms with E-state index in [-0.39, 0.29) is 0 Å². The molecule has 0 saturated carbocycles. The molecular weight excluding hydrogens is 284 g/mol. The summed E-state index contributed by atoms with van der Waals surface area (Å²) in [7, 11) is -1.49. The van der Waals surface area contributed by atoms with Crippen LogP contribution in [0, 0.1) is 0 Å². The Morgan fingerprint density at radius 3 is 2.45 bits per heavy atom. The third-order valence-electron chi connectivity index (χ3n) is 4.52. The molecule has 1 aromatic carbocycles. The molecular formula is C20H32OSi. The maximum atomic E-state index is 6.40. The number of hydrogen-bond acceptors (Lipinski definition) is 1. The highest BCUT2D eigenvalue weighted by atomic mass is 28.4. The normalized spacial score (nSPS) is 11.2. The Bertz CT molecular complexity index is 430. The lowest BCUT2D eigenvalue weighted by Crippen LogP contribution is -2.37. The van der Waals surface area contributed by atoms with Crippen LogP contribution >= 0.6 is 0 Å². The Hall–Kier alpha value is -1.08. The molecule has 0 spiro atoms. The highest BCUT2D eigenvalue weighted by molar-refractivity contribution is 6.73. The van der Waals surface area contributed by atoms with Crippen molar-refractivity contribution in [2.75, 3.05) is 6.61 Å². The Labute approximate surface area is 138 Å². The van der Waals surface area contributed by atoms with E-state index < -0.39 is 8.32 Å². The Balaban J connectivity index is 2.30. The first-order valence-electron chi connectivity index (χ1n) is 8.78. The fourth-order valence-electron chi connectivity index (χ4n) is 2.88. The van der Waals surface area contributed by atoms with Crippen LogP contribution in [0.5, 0.6) is 0 Å². The van der Waals surface area contributed by atoms with Crippen molar-refractivity contribution >= 4 is 8.32 Å². The third kappa shape index (κ3) is 7.26. The summed E-state index contributed by atoms with van der Waals surface area (Å²) in [6.07, 6.45) is 7.92. The summed E-state index contributed by atoms with van der Waals surface area (Å²) in [4.78, 5) is 0. The molecule has 1 aromatic rings. The lowest BCUT2D eigenvalue weighted by molar-refractivity contribution is 0.292. The van der Waals surface area contributed by atoms with E-state index in [1.165, 1.54) is 43.0 Å². The van der Waals surface area contributed by atoms with Gasteiger partial charge in [0.2, 0.25) is 0 Å². The monoisotopic (exact) mass is 316 g/mol. The number of benzene rings is 1. The van der Waals surface area contributed by atoms with Gasteiger partial charge in [0, 0.05) is 6.61 Å². The number of aryl methyl sites for hydroxylation is 1. The Morgan fingerprint density at radius 1 is 1.09 bits per heavy atom. The number of rotatable bonds is 12. The first kappa shape index (κ1) is 19.0. The van der Waals surface area contributed by atoms with Gasteiger partial charge in [-0.15, -0.1) is 5.73 Å². The van der Waals surface area contributed by atoms with E-state index >= 15 is 0 Å². The second kappa shape index (κ2) is 11.5. The van der Waals surface area contributed by atoms with Crippen LogP contribution in [0.4, 0.5) is 0 Å². The quantitative estimate of drug-likeness (QED) is 0.256. The van der Waals surface area contributed by atoms with Gasteiger partial charge >= 0.3 is 0 Å². The molecule has 0 radical (unpaired) electrons. The van der Waals surface area contributed by atoms with E-state index in [1.54, 1.807) is 0 Å². The molecule has 122 valence electrons. The van der Waals surface area contributed by atoms with Crippen molar-refractivity contribution in [1.82, 2.24) is 0 Å². The average molecular weight is 317 g/mol. The van der Waals surface area contributed by atoms with Gasteiger partial charge in [-0.2, -0.15) is 0 Å². The van der Waals surface area contributed by atoms with Crippen LogP contribution in [-0.4, -0.2) is 14.9 Å². The van der Waals surface area contributed by atoms with E-state index in [4.69, 9.17) is 4.43 Å². The molecule has 0 unspecified atom stereocenters. The molecule has 0 amide bonds. The summed E-state index contributed by atoms with van der Waals surface area (Å²) in [5, 5.41) is 0. The average Bonchev–Trinajstić information content (AvgIpc) is 2.58. The van der Waals surface area contributed by atoms with Crippen molar-refractivity contribution in [3.8, 4) is 0 Å². The molecule has 0 aliphatic heterocycles. The topological polar surface area (TPSA) is 9.23 Å². The van der Waals surface area contributed by atoms with E-state index in [1.807, 2.05) is 6.08 Å². The van der Waals surface area contributed by atoms with Crippen LogP contribution in [0.15, 0.2) is 48.7 Å². The summed E-state index contributed by atoms with van der Waals surface area (Å²) in [5.74, 6) is 0. The molecule has 2 heteroatoms. The Kier molecular flexibility index (Phi) is 9.90. The van der Waals surface area contributed by atoms with Crippen LogP contribution in [0.1, 0.15) is 45.1 Å². The van der Waals surface area contributed by atoms with E-state index in [2.05, 4.69) is 56.5 Å². The van der Waals surface area contributed by atoms with Gasteiger partial charge < -0.3 is 4.43 Å². The van der Waals surface area contributed by atoms with Crippen molar-refractivity contribution < 1.29 is 4.43 Å². The smallest absolute Gasteiger partial charge is 0.192 e. The lowest BCUT2D eigenvalue weighted by atomic mass is 10.1. The molecule has 0 aromatic heterocycles. The minimum atomic E-state index is -1.49. The predicted molar refractivity (Wildman–Crippen MR) is 99.8 cm³/mol. The van der Waals surface area contributed by atoms with E-state index in [0.29, 0.717) is 0 Å². The van der Waals surface area contributed by atoms with Gasteiger partial charge in [-0.05, 0) is 55.5 Å².